The van der Waals surface area contributed by atoms with E-state index >= 15 is 0 Å². The van der Waals surface area contributed by atoms with Gasteiger partial charge in [-0.1, -0.05) is 85.8 Å². The third-order valence-electron chi connectivity index (χ3n) is 9.85. The average molecular weight is 647 g/mol. The van der Waals surface area contributed by atoms with Gasteiger partial charge >= 0.3 is 5.69 Å². The number of imidazole rings is 1. The number of aromatic amines is 1. The monoisotopic (exact) mass is 646 g/mol. The first-order valence-electron chi connectivity index (χ1n) is 16.8. The standard InChI is InChI=1S/C39H42N4O5/c1-26-35(24-42-21-19-32(20-22-42)43-34-10-6-5-9-33(34)41-39(43)46)47-38(48-36(26)29-15-13-28(25-44)14-16-29)31-17-11-27(12-18-31)23-40-37(45)30-7-3-2-4-8-30/h2-18,26,32,35-36,38,44H,19-25H2,1H3,(H,40,45)(H,41,46)/t26-,35+,36+,38+/m1/s1. The van der Waals surface area contributed by atoms with Crippen LogP contribution in [0.15, 0.2) is 108 Å². The van der Waals surface area contributed by atoms with Gasteiger partial charge in [0.25, 0.3) is 5.91 Å². The van der Waals surface area contributed by atoms with Gasteiger partial charge in [0.05, 0.1) is 29.8 Å². The number of piperidine rings is 1. The summed E-state index contributed by atoms with van der Waals surface area (Å²) >= 11 is 0. The summed E-state index contributed by atoms with van der Waals surface area (Å²) in [6.45, 7) is 5.09. The number of aliphatic hydroxyl groups excluding tert-OH is 1. The highest BCUT2D eigenvalue weighted by Gasteiger charge is 2.39. The molecule has 0 spiro atoms. The van der Waals surface area contributed by atoms with E-state index in [9.17, 15) is 14.7 Å². The summed E-state index contributed by atoms with van der Waals surface area (Å²) in [6, 6.07) is 33.2. The predicted octanol–water partition coefficient (Wildman–Crippen LogP) is 5.88. The molecule has 0 unspecified atom stereocenters. The van der Waals surface area contributed by atoms with Gasteiger partial charge in [0.15, 0.2) is 6.29 Å². The molecule has 4 atom stereocenters. The van der Waals surface area contributed by atoms with E-state index in [1.54, 1.807) is 12.1 Å². The van der Waals surface area contributed by atoms with Crippen LogP contribution in [0.2, 0.25) is 0 Å². The van der Waals surface area contributed by atoms with Gasteiger partial charge in [0.2, 0.25) is 0 Å². The first-order valence-corrected chi connectivity index (χ1v) is 16.8. The Morgan fingerprint density at radius 3 is 2.25 bits per heavy atom. The zero-order valence-corrected chi connectivity index (χ0v) is 27.1. The molecule has 248 valence electrons. The summed E-state index contributed by atoms with van der Waals surface area (Å²) in [5, 5.41) is 12.6. The molecule has 1 aromatic heterocycles. The Morgan fingerprint density at radius 2 is 1.52 bits per heavy atom. The molecule has 9 heteroatoms. The number of benzene rings is 4. The molecule has 48 heavy (non-hydrogen) atoms. The van der Waals surface area contributed by atoms with Crippen LogP contribution in [0.25, 0.3) is 11.0 Å². The molecule has 1 amide bonds. The maximum absolute atomic E-state index is 12.8. The van der Waals surface area contributed by atoms with Crippen molar-refractivity contribution in [2.45, 2.75) is 57.5 Å². The van der Waals surface area contributed by atoms with Crippen LogP contribution in [0.5, 0.6) is 0 Å². The van der Waals surface area contributed by atoms with Gasteiger partial charge in [0, 0.05) is 49.3 Å². The zero-order valence-electron chi connectivity index (χ0n) is 27.1. The highest BCUT2D eigenvalue weighted by Crippen LogP contribution is 2.42. The molecule has 3 N–H and O–H groups in total. The highest BCUT2D eigenvalue weighted by molar-refractivity contribution is 5.94. The van der Waals surface area contributed by atoms with E-state index in [0.29, 0.717) is 12.1 Å². The Labute approximate surface area is 280 Å². The first-order chi connectivity index (χ1) is 23.5. The van der Waals surface area contributed by atoms with Gasteiger partial charge in [-0.2, -0.15) is 0 Å². The minimum atomic E-state index is -0.566. The van der Waals surface area contributed by atoms with E-state index in [4.69, 9.17) is 9.47 Å². The van der Waals surface area contributed by atoms with E-state index in [-0.39, 0.29) is 42.4 Å². The Bertz CT molecular complexity index is 1880. The number of nitrogens with one attached hydrogen (secondary N) is 2. The topological polar surface area (TPSA) is 109 Å². The molecule has 2 aliphatic heterocycles. The maximum atomic E-state index is 12.8. The van der Waals surface area contributed by atoms with Crippen LogP contribution < -0.4 is 11.0 Å². The van der Waals surface area contributed by atoms with Gasteiger partial charge in [-0.05, 0) is 53.8 Å². The van der Waals surface area contributed by atoms with Gasteiger partial charge in [-0.25, -0.2) is 4.79 Å². The van der Waals surface area contributed by atoms with Crippen molar-refractivity contribution in [2.75, 3.05) is 19.6 Å². The fourth-order valence-corrected chi connectivity index (χ4v) is 7.05. The highest BCUT2D eigenvalue weighted by atomic mass is 16.7. The first kappa shape index (κ1) is 32.0. The minimum Gasteiger partial charge on any atom is -0.392 e. The van der Waals surface area contributed by atoms with E-state index in [1.807, 2.05) is 95.6 Å². The number of carbonyl (C=O) groups excluding carboxylic acids is 1. The Morgan fingerprint density at radius 1 is 0.854 bits per heavy atom. The van der Waals surface area contributed by atoms with Crippen molar-refractivity contribution in [3.05, 3.63) is 141 Å². The van der Waals surface area contributed by atoms with E-state index in [0.717, 1.165) is 65.8 Å². The molecule has 7 rings (SSSR count). The number of hydrogen-bond acceptors (Lipinski definition) is 6. The van der Waals surface area contributed by atoms with Crippen LogP contribution in [-0.4, -0.2) is 51.2 Å². The molecular formula is C39H42N4O5. The zero-order chi connectivity index (χ0) is 33.0. The lowest BCUT2D eigenvalue weighted by molar-refractivity contribution is -0.276. The molecule has 0 radical (unpaired) electrons. The summed E-state index contributed by atoms with van der Waals surface area (Å²) in [5.41, 5.74) is 6.24. The average Bonchev–Trinajstić information content (AvgIpc) is 3.48. The van der Waals surface area contributed by atoms with E-state index in [2.05, 4.69) is 22.1 Å². The fraction of sp³-hybridized carbons (Fsp3) is 0.333. The number of aliphatic hydroxyl groups is 1. The number of likely N-dealkylation sites (tertiary alicyclic amines) is 1. The number of amides is 1. The molecule has 0 bridgehead atoms. The van der Waals surface area contributed by atoms with E-state index in [1.165, 1.54) is 0 Å². The van der Waals surface area contributed by atoms with Gasteiger partial charge < -0.3 is 29.8 Å². The van der Waals surface area contributed by atoms with Crippen LogP contribution in [-0.2, 0) is 22.6 Å². The lowest BCUT2D eigenvalue weighted by Gasteiger charge is -2.44. The number of ether oxygens (including phenoxy) is 2. The summed E-state index contributed by atoms with van der Waals surface area (Å²) in [6.07, 6.45) is 0.912. The second-order valence-corrected chi connectivity index (χ2v) is 13.0. The number of carbonyl (C=O) groups is 1. The molecular weight excluding hydrogens is 604 g/mol. The van der Waals surface area contributed by atoms with Crippen LogP contribution in [0, 0.1) is 5.92 Å². The number of fused-ring (bicyclic) bond motifs is 1. The Hall–Kier alpha value is -4.54. The van der Waals surface area contributed by atoms with Crippen molar-refractivity contribution >= 4 is 16.9 Å². The molecule has 2 fully saturated rings. The molecule has 0 saturated carbocycles. The Kier molecular flexibility index (Phi) is 9.54. The molecule has 3 heterocycles. The third-order valence-corrected chi connectivity index (χ3v) is 9.85. The molecule has 2 aliphatic rings. The summed E-state index contributed by atoms with van der Waals surface area (Å²) < 4.78 is 15.3. The number of aromatic nitrogens is 2. The SMILES string of the molecule is C[C@@H]1[C@H](CN2CCC(n3c(=O)[nH]c4ccccc43)CC2)O[C@H](c2ccc(CNC(=O)c3ccccc3)cc2)O[C@@H]1c1ccc(CO)cc1. The molecule has 9 nitrogen and oxygen atoms in total. The second-order valence-electron chi connectivity index (χ2n) is 13.0. The Balaban J connectivity index is 1.05. The molecule has 5 aromatic rings. The third kappa shape index (κ3) is 6.86. The summed E-state index contributed by atoms with van der Waals surface area (Å²) in [5.74, 6) is -0.0364. The smallest absolute Gasteiger partial charge is 0.326 e. The second kappa shape index (κ2) is 14.3. The number of rotatable bonds is 9. The van der Waals surface area contributed by atoms with Crippen LogP contribution in [0.4, 0.5) is 0 Å². The van der Waals surface area contributed by atoms with Crippen molar-refractivity contribution in [1.82, 2.24) is 19.8 Å². The van der Waals surface area contributed by atoms with Crippen molar-refractivity contribution in [2.24, 2.45) is 5.92 Å². The lowest BCUT2D eigenvalue weighted by Crippen LogP contribution is -2.47. The largest absolute Gasteiger partial charge is 0.392 e. The molecule has 4 aromatic carbocycles. The van der Waals surface area contributed by atoms with Gasteiger partial charge in [0.1, 0.15) is 0 Å². The molecule has 2 saturated heterocycles. The van der Waals surface area contributed by atoms with Crippen LogP contribution in [0.1, 0.15) is 70.8 Å². The predicted molar refractivity (Wildman–Crippen MR) is 184 cm³/mol. The maximum Gasteiger partial charge on any atom is 0.326 e. The number of para-hydroxylation sites is 2. The van der Waals surface area contributed by atoms with Crippen molar-refractivity contribution < 1.29 is 19.4 Å². The van der Waals surface area contributed by atoms with Gasteiger partial charge in [-0.3, -0.25) is 9.36 Å². The van der Waals surface area contributed by atoms with Gasteiger partial charge in [-0.15, -0.1) is 0 Å². The summed E-state index contributed by atoms with van der Waals surface area (Å²) in [4.78, 5) is 30.8. The van der Waals surface area contributed by atoms with Crippen molar-refractivity contribution in [3.63, 3.8) is 0 Å². The van der Waals surface area contributed by atoms with Crippen molar-refractivity contribution in [3.8, 4) is 0 Å². The quantitative estimate of drug-likeness (QED) is 0.185. The number of hydrogen-bond donors (Lipinski definition) is 3. The van der Waals surface area contributed by atoms with Crippen molar-refractivity contribution in [1.29, 1.82) is 0 Å². The lowest BCUT2D eigenvalue weighted by atomic mass is 9.89. The number of nitrogens with zero attached hydrogens (tertiary/aromatic N) is 2. The van der Waals surface area contributed by atoms with E-state index < -0.39 is 6.29 Å². The fourth-order valence-electron chi connectivity index (χ4n) is 7.05. The number of H-pyrrole nitrogens is 1. The van der Waals surface area contributed by atoms with Crippen LogP contribution >= 0.6 is 0 Å². The van der Waals surface area contributed by atoms with Crippen LogP contribution in [0.3, 0.4) is 0 Å². The summed E-state index contributed by atoms with van der Waals surface area (Å²) in [7, 11) is 0. The normalized spacial score (nSPS) is 22.1. The minimum absolute atomic E-state index is 0.00546. The molecule has 0 aliphatic carbocycles.